The van der Waals surface area contributed by atoms with Gasteiger partial charge in [0, 0.05) is 20.3 Å². The smallest absolute Gasteiger partial charge is 0.161 e. The summed E-state index contributed by atoms with van der Waals surface area (Å²) in [5.41, 5.74) is 0. The van der Waals surface area contributed by atoms with E-state index in [1.54, 1.807) is 20.3 Å². The Labute approximate surface area is 188 Å². The number of benzene rings is 1. The zero-order chi connectivity index (χ0) is 23.4. The standard InChI is InChI=1S/C24H43O4PSi/c1-22(2,3)29(23(4,5)6,24(7,8)9)20-17-18(25)13-14-19(20)28-15-12-16-30-21(26-10)27-11/h13-14,17,21H,12,15-16H2,1-11H3/p+1. The summed E-state index contributed by atoms with van der Waals surface area (Å²) in [6, 6.07) is 6.67. The van der Waals surface area contributed by atoms with Crippen molar-refractivity contribution in [2.75, 3.05) is 20.8 Å². The maximum atomic E-state index is 10.5. The van der Waals surface area contributed by atoms with Crippen molar-refractivity contribution in [3.05, 3.63) is 18.2 Å². The van der Waals surface area contributed by atoms with Crippen LogP contribution in [0.4, 0.5) is 0 Å². The summed E-state index contributed by atoms with van der Waals surface area (Å²) in [5, 5.41) is 11.8. The van der Waals surface area contributed by atoms with Crippen LogP contribution in [0, 0.1) is 0 Å². The van der Waals surface area contributed by atoms with Gasteiger partial charge in [-0.3, -0.25) is 0 Å². The summed E-state index contributed by atoms with van der Waals surface area (Å²) >= 11 is 0. The van der Waals surface area contributed by atoms with Gasteiger partial charge in [0.05, 0.1) is 29.3 Å². The third-order valence-corrected chi connectivity index (χ3v) is 14.2. The Morgan fingerprint density at radius 2 is 1.40 bits per heavy atom. The summed E-state index contributed by atoms with van der Waals surface area (Å²) in [4.78, 5) is 0. The molecule has 0 fully saturated rings. The van der Waals surface area contributed by atoms with Gasteiger partial charge in [-0.05, 0) is 80.9 Å². The number of methoxy groups -OCH3 is 2. The molecule has 0 aromatic heterocycles. The van der Waals surface area contributed by atoms with Crippen molar-refractivity contribution in [2.45, 2.75) is 96.2 Å². The summed E-state index contributed by atoms with van der Waals surface area (Å²) in [5.74, 6) is 1.10. The largest absolute Gasteiger partial charge is 0.508 e. The maximum absolute atomic E-state index is 10.5. The van der Waals surface area contributed by atoms with E-state index in [4.69, 9.17) is 14.2 Å². The van der Waals surface area contributed by atoms with Crippen molar-refractivity contribution >= 4 is 22.1 Å². The highest BCUT2D eigenvalue weighted by molar-refractivity contribution is 7.87. The molecule has 1 N–H and O–H groups in total. The highest BCUT2D eigenvalue weighted by atomic mass is 31.2. The van der Waals surface area contributed by atoms with Gasteiger partial charge in [-0.1, -0.05) is 6.04 Å². The van der Waals surface area contributed by atoms with E-state index in [2.05, 4.69) is 62.3 Å². The molecule has 0 saturated carbocycles. The van der Waals surface area contributed by atoms with Crippen LogP contribution in [0.2, 0.25) is 6.04 Å². The van der Waals surface area contributed by atoms with Crippen LogP contribution in [0.15, 0.2) is 18.2 Å². The van der Waals surface area contributed by atoms with E-state index in [9.17, 15) is 5.11 Å². The fourth-order valence-corrected chi connectivity index (χ4v) is 15.6. The van der Waals surface area contributed by atoms with E-state index in [1.165, 1.54) is 5.30 Å². The van der Waals surface area contributed by atoms with Crippen LogP contribution in [0.25, 0.3) is 0 Å². The van der Waals surface area contributed by atoms with Crippen LogP contribution in [0.3, 0.4) is 0 Å². The minimum atomic E-state index is -1.87. The van der Waals surface area contributed by atoms with Gasteiger partial charge in [0.2, 0.25) is 0 Å². The predicted octanol–water partition coefficient (Wildman–Crippen LogP) is 5.90. The van der Waals surface area contributed by atoms with Crippen LogP contribution in [0.1, 0.15) is 68.7 Å². The van der Waals surface area contributed by atoms with E-state index < -0.39 is 7.26 Å². The third-order valence-electron chi connectivity index (χ3n) is 5.64. The Hall–Kier alpha value is -0.613. The summed E-state index contributed by atoms with van der Waals surface area (Å²) in [6.45, 7) is 21.8. The number of rotatable bonds is 9. The molecular weight excluding hydrogens is 411 g/mol. The lowest BCUT2D eigenvalue weighted by Crippen LogP contribution is -2.49. The van der Waals surface area contributed by atoms with Gasteiger partial charge < -0.3 is 19.3 Å². The molecule has 172 valence electrons. The first-order chi connectivity index (χ1) is 13.6. The van der Waals surface area contributed by atoms with Gasteiger partial charge in [0.25, 0.3) is 0 Å². The van der Waals surface area contributed by atoms with Gasteiger partial charge >= 0.3 is 0 Å². The highest BCUT2D eigenvalue weighted by Crippen LogP contribution is 2.83. The van der Waals surface area contributed by atoms with Gasteiger partial charge in [-0.15, -0.1) is 0 Å². The molecule has 1 rings (SSSR count). The van der Waals surface area contributed by atoms with E-state index >= 15 is 0 Å². The SMILES string of the molecule is COC(OC)[Si]CCCOc1ccc(O)cc1[P+](C(C)(C)C)(C(C)(C)C)C(C)(C)C. The summed E-state index contributed by atoms with van der Waals surface area (Å²) in [6.07, 6.45) is 0.938. The lowest BCUT2D eigenvalue weighted by atomic mass is 10.2. The van der Waals surface area contributed by atoms with Gasteiger partial charge in [0.15, 0.2) is 5.75 Å². The van der Waals surface area contributed by atoms with E-state index in [0.29, 0.717) is 21.9 Å². The number of phenolic OH excluding ortho intramolecular Hbond substituents is 1. The molecule has 0 bridgehead atoms. The molecule has 0 saturated heterocycles. The lowest BCUT2D eigenvalue weighted by Gasteiger charge is -2.54. The molecule has 0 aliphatic carbocycles. The molecule has 0 unspecified atom stereocenters. The van der Waals surface area contributed by atoms with Gasteiger partial charge in [-0.25, -0.2) is 0 Å². The molecule has 0 spiro atoms. The molecule has 0 aliphatic heterocycles. The van der Waals surface area contributed by atoms with E-state index in [0.717, 1.165) is 18.2 Å². The Morgan fingerprint density at radius 3 is 1.83 bits per heavy atom. The Bertz CT molecular complexity index is 631. The minimum absolute atomic E-state index is 0.0426. The monoisotopic (exact) mass is 455 g/mol. The number of aromatic hydroxyl groups is 1. The molecule has 0 heterocycles. The van der Waals surface area contributed by atoms with Crippen molar-refractivity contribution in [1.29, 1.82) is 0 Å². The second-order valence-electron chi connectivity index (χ2n) is 10.8. The lowest BCUT2D eigenvalue weighted by molar-refractivity contribution is -0.0441. The fraction of sp³-hybridized carbons (Fsp3) is 0.750. The zero-order valence-electron chi connectivity index (χ0n) is 21.0. The molecular formula is C24H44O4PSi+. The maximum Gasteiger partial charge on any atom is 0.161 e. The molecule has 1 aromatic carbocycles. The number of phenols is 1. The molecule has 0 amide bonds. The van der Waals surface area contributed by atoms with E-state index in [1.807, 2.05) is 12.1 Å². The van der Waals surface area contributed by atoms with Gasteiger partial charge in [0.1, 0.15) is 26.5 Å². The average molecular weight is 456 g/mol. The van der Waals surface area contributed by atoms with Crippen molar-refractivity contribution in [2.24, 2.45) is 0 Å². The van der Waals surface area contributed by atoms with Crippen molar-refractivity contribution < 1.29 is 19.3 Å². The Morgan fingerprint density at radius 1 is 0.900 bits per heavy atom. The second kappa shape index (κ2) is 10.3. The Kier molecular flexibility index (Phi) is 9.45. The topological polar surface area (TPSA) is 47.9 Å². The highest BCUT2D eigenvalue weighted by Gasteiger charge is 2.67. The van der Waals surface area contributed by atoms with Crippen LogP contribution >= 0.6 is 7.26 Å². The average Bonchev–Trinajstić information content (AvgIpc) is 2.56. The number of hydrogen-bond donors (Lipinski definition) is 1. The normalized spacial score (nSPS) is 13.7. The second-order valence-corrected chi connectivity index (χ2v) is 18.0. The predicted molar refractivity (Wildman–Crippen MR) is 132 cm³/mol. The molecule has 30 heavy (non-hydrogen) atoms. The molecule has 6 heteroatoms. The van der Waals surface area contributed by atoms with Gasteiger partial charge in [-0.2, -0.15) is 0 Å². The van der Waals surface area contributed by atoms with Crippen LogP contribution in [-0.2, 0) is 9.47 Å². The Balaban J connectivity index is 3.33. The van der Waals surface area contributed by atoms with Crippen molar-refractivity contribution in [3.8, 4) is 11.5 Å². The van der Waals surface area contributed by atoms with E-state index in [-0.39, 0.29) is 21.4 Å². The number of ether oxygens (including phenoxy) is 3. The van der Waals surface area contributed by atoms with Crippen LogP contribution in [0.5, 0.6) is 11.5 Å². The first kappa shape index (κ1) is 27.4. The first-order valence-electron chi connectivity index (χ1n) is 10.8. The minimum Gasteiger partial charge on any atom is -0.508 e. The fourth-order valence-electron chi connectivity index (χ4n) is 5.73. The van der Waals surface area contributed by atoms with Crippen LogP contribution in [-0.4, -0.2) is 56.8 Å². The first-order valence-corrected chi connectivity index (χ1v) is 13.9. The molecule has 4 nitrogen and oxygen atoms in total. The molecule has 0 atom stereocenters. The third kappa shape index (κ3) is 5.79. The number of hydrogen-bond acceptors (Lipinski definition) is 4. The van der Waals surface area contributed by atoms with Crippen molar-refractivity contribution in [1.82, 2.24) is 0 Å². The molecule has 0 aliphatic rings. The summed E-state index contributed by atoms with van der Waals surface area (Å²) in [7, 11) is 2.07. The quantitative estimate of drug-likeness (QED) is 0.218. The van der Waals surface area contributed by atoms with Crippen LogP contribution < -0.4 is 10.0 Å². The van der Waals surface area contributed by atoms with Crippen molar-refractivity contribution in [3.63, 3.8) is 0 Å². The zero-order valence-corrected chi connectivity index (χ0v) is 22.9. The molecule has 2 radical (unpaired) electrons. The summed E-state index contributed by atoms with van der Waals surface area (Å²) < 4.78 is 16.9. The molecule has 1 aromatic rings.